The molecule has 2 rings (SSSR count). The number of hydrogen-bond acceptors (Lipinski definition) is 1. The lowest BCUT2D eigenvalue weighted by molar-refractivity contribution is 0.262. The number of rotatable bonds is 2. The maximum atomic E-state index is 11.7. The van der Waals surface area contributed by atoms with Crippen molar-refractivity contribution in [3.05, 3.63) is 58.0 Å². The van der Waals surface area contributed by atoms with Gasteiger partial charge in [-0.2, -0.15) is 0 Å². The van der Waals surface area contributed by atoms with E-state index in [0.717, 1.165) is 10.2 Å². The van der Waals surface area contributed by atoms with Crippen LogP contribution in [-0.2, 0) is 0 Å². The van der Waals surface area contributed by atoms with Crippen molar-refractivity contribution in [1.29, 1.82) is 0 Å². The van der Waals surface area contributed by atoms with Gasteiger partial charge in [0.2, 0.25) is 0 Å². The van der Waals surface area contributed by atoms with Crippen LogP contribution in [0.25, 0.3) is 0 Å². The van der Waals surface area contributed by atoms with Crippen molar-refractivity contribution in [2.45, 2.75) is 0 Å². The van der Waals surface area contributed by atoms with Crippen LogP contribution in [0.4, 0.5) is 16.2 Å². The Balaban J connectivity index is 1.98. The fraction of sp³-hybridized carbons (Fsp3) is 0. The summed E-state index contributed by atoms with van der Waals surface area (Å²) in [5, 5.41) is 6.08. The minimum atomic E-state index is -0.296. The smallest absolute Gasteiger partial charge is 0.308 e. The Morgan fingerprint density at radius 2 is 1.67 bits per heavy atom. The van der Waals surface area contributed by atoms with E-state index in [0.29, 0.717) is 10.7 Å². The van der Waals surface area contributed by atoms with Crippen LogP contribution >= 0.6 is 27.5 Å². The zero-order valence-electron chi connectivity index (χ0n) is 9.28. The van der Waals surface area contributed by atoms with Crippen LogP contribution in [0.1, 0.15) is 0 Å². The highest BCUT2D eigenvalue weighted by Gasteiger charge is 2.02. The molecule has 5 heteroatoms. The number of benzene rings is 2. The molecule has 0 unspecified atom stereocenters. The van der Waals surface area contributed by atoms with Crippen molar-refractivity contribution in [2.75, 3.05) is 10.6 Å². The fourth-order valence-corrected chi connectivity index (χ4v) is 1.92. The molecule has 0 spiro atoms. The van der Waals surface area contributed by atoms with Crippen molar-refractivity contribution in [3.63, 3.8) is 0 Å². The van der Waals surface area contributed by atoms with Crippen molar-refractivity contribution in [1.82, 2.24) is 0 Å². The van der Waals surface area contributed by atoms with E-state index in [9.17, 15) is 4.79 Å². The number of urea groups is 1. The highest BCUT2D eigenvalue weighted by molar-refractivity contribution is 9.10. The number of anilines is 2. The van der Waals surface area contributed by atoms with Crippen molar-refractivity contribution in [3.8, 4) is 0 Å². The van der Waals surface area contributed by atoms with Gasteiger partial charge in [0.05, 0.1) is 0 Å². The zero-order chi connectivity index (χ0) is 13.0. The lowest BCUT2D eigenvalue weighted by atomic mass is 10.3. The summed E-state index contributed by atoms with van der Waals surface area (Å²) in [6.07, 6.45) is 0. The first-order valence-electron chi connectivity index (χ1n) is 5.22. The first-order chi connectivity index (χ1) is 8.63. The molecule has 0 aromatic heterocycles. The maximum Gasteiger partial charge on any atom is 0.323 e. The summed E-state index contributed by atoms with van der Waals surface area (Å²) in [6, 6.07) is 14.0. The van der Waals surface area contributed by atoms with Gasteiger partial charge in [-0.1, -0.05) is 33.6 Å². The van der Waals surface area contributed by atoms with E-state index >= 15 is 0 Å². The number of carbonyl (C=O) groups excluding carboxylic acids is 1. The van der Waals surface area contributed by atoms with Crippen LogP contribution in [-0.4, -0.2) is 6.03 Å². The molecule has 0 heterocycles. The third-order valence-corrected chi connectivity index (χ3v) is 2.93. The maximum absolute atomic E-state index is 11.7. The Morgan fingerprint density at radius 3 is 2.33 bits per heavy atom. The normalized spacial score (nSPS) is 9.89. The van der Waals surface area contributed by atoms with Crippen LogP contribution in [0.15, 0.2) is 53.0 Å². The Kier molecular flexibility index (Phi) is 4.23. The molecular weight excluding hydrogens is 316 g/mol. The predicted octanol–water partition coefficient (Wildman–Crippen LogP) is 4.75. The monoisotopic (exact) mass is 324 g/mol. The van der Waals surface area contributed by atoms with E-state index in [1.807, 2.05) is 24.3 Å². The highest BCUT2D eigenvalue weighted by Crippen LogP contribution is 2.17. The zero-order valence-corrected chi connectivity index (χ0v) is 11.6. The molecule has 0 aliphatic heterocycles. The molecule has 0 aliphatic rings. The SMILES string of the molecule is O=C(Nc1ccc(Cl)cc1)Nc1cccc(Br)c1. The third kappa shape index (κ3) is 3.75. The summed E-state index contributed by atoms with van der Waals surface area (Å²) in [5.41, 5.74) is 1.41. The summed E-state index contributed by atoms with van der Waals surface area (Å²) in [6.45, 7) is 0. The Hall–Kier alpha value is -1.52. The van der Waals surface area contributed by atoms with E-state index in [1.54, 1.807) is 24.3 Å². The molecule has 0 aliphatic carbocycles. The molecule has 2 amide bonds. The Morgan fingerprint density at radius 1 is 1.00 bits per heavy atom. The second-order valence-corrected chi connectivity index (χ2v) is 4.95. The minimum absolute atomic E-state index is 0.296. The topological polar surface area (TPSA) is 41.1 Å². The summed E-state index contributed by atoms with van der Waals surface area (Å²) in [4.78, 5) is 11.7. The van der Waals surface area contributed by atoms with Gasteiger partial charge in [-0.3, -0.25) is 0 Å². The highest BCUT2D eigenvalue weighted by atomic mass is 79.9. The van der Waals surface area contributed by atoms with E-state index < -0.39 is 0 Å². The molecule has 0 saturated heterocycles. The number of hydrogen-bond donors (Lipinski definition) is 2. The quantitative estimate of drug-likeness (QED) is 0.822. The molecule has 92 valence electrons. The molecule has 0 radical (unpaired) electrons. The van der Waals surface area contributed by atoms with Gasteiger partial charge < -0.3 is 10.6 Å². The second kappa shape index (κ2) is 5.89. The average molecular weight is 326 g/mol. The molecule has 18 heavy (non-hydrogen) atoms. The molecule has 2 aromatic carbocycles. The number of halogens is 2. The molecule has 2 N–H and O–H groups in total. The Labute approximate surface area is 118 Å². The number of carbonyl (C=O) groups is 1. The molecule has 3 nitrogen and oxygen atoms in total. The van der Waals surface area contributed by atoms with Crippen molar-refractivity contribution < 1.29 is 4.79 Å². The van der Waals surface area contributed by atoms with Gasteiger partial charge in [0.25, 0.3) is 0 Å². The van der Waals surface area contributed by atoms with Crippen LogP contribution < -0.4 is 10.6 Å². The average Bonchev–Trinajstić information content (AvgIpc) is 2.32. The van der Waals surface area contributed by atoms with E-state index in [2.05, 4.69) is 26.6 Å². The molecule has 0 fully saturated rings. The summed E-state index contributed by atoms with van der Waals surface area (Å²) >= 11 is 9.10. The van der Waals surface area contributed by atoms with Crippen LogP contribution in [0.3, 0.4) is 0 Å². The van der Waals surface area contributed by atoms with Crippen LogP contribution in [0, 0.1) is 0 Å². The van der Waals surface area contributed by atoms with E-state index in [4.69, 9.17) is 11.6 Å². The predicted molar refractivity (Wildman–Crippen MR) is 78.2 cm³/mol. The van der Waals surface area contributed by atoms with Crippen LogP contribution in [0.2, 0.25) is 5.02 Å². The molecule has 0 saturated carbocycles. The van der Waals surface area contributed by atoms with Gasteiger partial charge >= 0.3 is 6.03 Å². The Bertz CT molecular complexity index is 557. The minimum Gasteiger partial charge on any atom is -0.308 e. The largest absolute Gasteiger partial charge is 0.323 e. The van der Waals surface area contributed by atoms with E-state index in [1.165, 1.54) is 0 Å². The summed E-state index contributed by atoms with van der Waals surface area (Å²) in [7, 11) is 0. The molecule has 0 bridgehead atoms. The molecule has 0 atom stereocenters. The lowest BCUT2D eigenvalue weighted by Crippen LogP contribution is -2.19. The first kappa shape index (κ1) is 12.9. The molecular formula is C13H10BrClN2O. The van der Waals surface area contributed by atoms with Crippen molar-refractivity contribution >= 4 is 44.9 Å². The summed E-state index contributed by atoms with van der Waals surface area (Å²) in [5.74, 6) is 0. The molecule has 2 aromatic rings. The van der Waals surface area contributed by atoms with E-state index in [-0.39, 0.29) is 6.03 Å². The van der Waals surface area contributed by atoms with Crippen molar-refractivity contribution in [2.24, 2.45) is 0 Å². The van der Waals surface area contributed by atoms with Crippen LogP contribution in [0.5, 0.6) is 0 Å². The number of amides is 2. The van der Waals surface area contributed by atoms with Gasteiger partial charge in [-0.05, 0) is 42.5 Å². The number of nitrogens with one attached hydrogen (secondary N) is 2. The first-order valence-corrected chi connectivity index (χ1v) is 6.40. The fourth-order valence-electron chi connectivity index (χ4n) is 1.39. The standard InChI is InChI=1S/C13H10BrClN2O/c14-9-2-1-3-12(8-9)17-13(18)16-11-6-4-10(15)5-7-11/h1-8H,(H2,16,17,18). The van der Waals surface area contributed by atoms with Gasteiger partial charge in [-0.15, -0.1) is 0 Å². The third-order valence-electron chi connectivity index (χ3n) is 2.18. The summed E-state index contributed by atoms with van der Waals surface area (Å²) < 4.78 is 0.909. The van der Waals surface area contributed by atoms with Gasteiger partial charge in [-0.25, -0.2) is 4.79 Å². The second-order valence-electron chi connectivity index (χ2n) is 3.60. The van der Waals surface area contributed by atoms with Gasteiger partial charge in [0, 0.05) is 20.9 Å². The van der Waals surface area contributed by atoms with Gasteiger partial charge in [0.1, 0.15) is 0 Å². The lowest BCUT2D eigenvalue weighted by Gasteiger charge is -2.07. The van der Waals surface area contributed by atoms with Gasteiger partial charge in [0.15, 0.2) is 0 Å².